The average Bonchev–Trinajstić information content (AvgIpc) is 3.38. The topological polar surface area (TPSA) is 59.7 Å². The predicted octanol–water partition coefficient (Wildman–Crippen LogP) is 6.11. The molecule has 4 aromatic rings. The summed E-state index contributed by atoms with van der Waals surface area (Å²) in [5, 5.41) is 4.64. The lowest BCUT2D eigenvalue weighted by molar-refractivity contribution is -0.149. The van der Waals surface area contributed by atoms with E-state index in [0.29, 0.717) is 37.3 Å². The summed E-state index contributed by atoms with van der Waals surface area (Å²) in [6.45, 7) is 5.12. The molecule has 39 heavy (non-hydrogen) atoms. The van der Waals surface area contributed by atoms with Gasteiger partial charge in [0.2, 0.25) is 0 Å². The van der Waals surface area contributed by atoms with E-state index in [-0.39, 0.29) is 12.6 Å². The Labute approximate surface area is 224 Å². The maximum absolute atomic E-state index is 13.3. The third-order valence-electron chi connectivity index (χ3n) is 7.21. The highest BCUT2D eigenvalue weighted by Gasteiger charge is 2.40. The number of carbonyl (C=O) groups is 1. The number of hydrogen-bond acceptors (Lipinski definition) is 5. The molecule has 2 aromatic heterocycles. The van der Waals surface area contributed by atoms with Crippen molar-refractivity contribution in [1.82, 2.24) is 14.6 Å². The van der Waals surface area contributed by atoms with Crippen molar-refractivity contribution in [1.29, 1.82) is 0 Å². The highest BCUT2D eigenvalue weighted by Crippen LogP contribution is 2.34. The normalized spacial score (nSPS) is 15.6. The van der Waals surface area contributed by atoms with E-state index in [1.54, 1.807) is 23.8 Å². The van der Waals surface area contributed by atoms with E-state index < -0.39 is 17.2 Å². The van der Waals surface area contributed by atoms with E-state index in [1.165, 1.54) is 12.1 Å². The number of esters is 1. The van der Waals surface area contributed by atoms with Crippen molar-refractivity contribution in [2.24, 2.45) is 0 Å². The number of carbonyl (C=O) groups excluding carboxylic acids is 1. The zero-order chi connectivity index (χ0) is 27.6. The first-order valence-electron chi connectivity index (χ1n) is 12.9. The Hall–Kier alpha value is -4.14. The number of ether oxygens (including phenoxy) is 1. The van der Waals surface area contributed by atoms with Crippen molar-refractivity contribution in [3.05, 3.63) is 102 Å². The van der Waals surface area contributed by atoms with Crippen LogP contribution < -0.4 is 4.90 Å². The zero-order valence-corrected chi connectivity index (χ0v) is 21.8. The predicted molar refractivity (Wildman–Crippen MR) is 143 cm³/mol. The molecule has 1 aliphatic heterocycles. The molecule has 1 aliphatic rings. The standard InChI is InChI=1S/C30H29F3N4O2/c1-3-39-28(38)29(2,19-21-7-5-4-6-8-21)26-13-16-34-27-25(20-35-37(26)27)22-14-17-36(18-15-22)24-11-9-23(10-12-24)30(31,32)33/h4-14,16,20H,3,15,17-19H2,1-2H3. The first-order valence-corrected chi connectivity index (χ1v) is 12.9. The molecule has 0 amide bonds. The molecule has 6 nitrogen and oxygen atoms in total. The first-order chi connectivity index (χ1) is 18.7. The summed E-state index contributed by atoms with van der Waals surface area (Å²) in [6.07, 6.45) is 2.27. The second-order valence-electron chi connectivity index (χ2n) is 9.81. The minimum Gasteiger partial charge on any atom is -0.465 e. The van der Waals surface area contributed by atoms with Crippen LogP contribution in [0.2, 0.25) is 0 Å². The Kier molecular flexibility index (Phi) is 7.16. The van der Waals surface area contributed by atoms with Crippen LogP contribution in [-0.4, -0.2) is 40.3 Å². The lowest BCUT2D eigenvalue weighted by atomic mass is 9.80. The number of hydrogen-bond donors (Lipinski definition) is 0. The maximum atomic E-state index is 13.3. The minimum atomic E-state index is -4.35. The second-order valence-corrected chi connectivity index (χ2v) is 9.81. The van der Waals surface area contributed by atoms with Gasteiger partial charge in [0.05, 0.1) is 24.1 Å². The number of nitrogens with zero attached hydrogens (tertiary/aromatic N) is 4. The smallest absolute Gasteiger partial charge is 0.416 e. The van der Waals surface area contributed by atoms with Crippen LogP contribution in [0.5, 0.6) is 0 Å². The van der Waals surface area contributed by atoms with Crippen molar-refractivity contribution in [2.45, 2.75) is 38.3 Å². The molecule has 2 aromatic carbocycles. The number of anilines is 1. The average molecular weight is 535 g/mol. The number of alkyl halides is 3. The van der Waals surface area contributed by atoms with Crippen LogP contribution in [0.3, 0.4) is 0 Å². The molecule has 0 fully saturated rings. The van der Waals surface area contributed by atoms with Gasteiger partial charge in [-0.2, -0.15) is 18.3 Å². The molecule has 0 spiro atoms. The summed E-state index contributed by atoms with van der Waals surface area (Å²) in [5.74, 6) is -0.331. The summed E-state index contributed by atoms with van der Waals surface area (Å²) < 4.78 is 46.0. The van der Waals surface area contributed by atoms with Crippen LogP contribution in [0.15, 0.2) is 79.1 Å². The van der Waals surface area contributed by atoms with Crippen molar-refractivity contribution < 1.29 is 22.7 Å². The van der Waals surface area contributed by atoms with Crippen LogP contribution in [0.4, 0.5) is 18.9 Å². The fourth-order valence-corrected chi connectivity index (χ4v) is 5.11. The number of halogens is 3. The maximum Gasteiger partial charge on any atom is 0.416 e. The van der Waals surface area contributed by atoms with E-state index in [2.05, 4.69) is 16.2 Å². The summed E-state index contributed by atoms with van der Waals surface area (Å²) >= 11 is 0. The molecule has 0 aliphatic carbocycles. The van der Waals surface area contributed by atoms with E-state index in [9.17, 15) is 18.0 Å². The zero-order valence-electron chi connectivity index (χ0n) is 21.8. The van der Waals surface area contributed by atoms with Gasteiger partial charge >= 0.3 is 12.1 Å². The molecule has 1 unspecified atom stereocenters. The van der Waals surface area contributed by atoms with Crippen molar-refractivity contribution in [3.8, 4) is 0 Å². The molecule has 5 rings (SSSR count). The Bertz CT molecular complexity index is 1500. The van der Waals surface area contributed by atoms with E-state index >= 15 is 0 Å². The van der Waals surface area contributed by atoms with Gasteiger partial charge in [-0.3, -0.25) is 4.79 Å². The van der Waals surface area contributed by atoms with Gasteiger partial charge in [0.1, 0.15) is 5.41 Å². The molecule has 3 heterocycles. The van der Waals surface area contributed by atoms with Crippen LogP contribution in [0.25, 0.3) is 11.2 Å². The molecule has 0 saturated heterocycles. The van der Waals surface area contributed by atoms with Crippen LogP contribution in [0, 0.1) is 0 Å². The molecule has 0 radical (unpaired) electrons. The van der Waals surface area contributed by atoms with Gasteiger partial charge in [-0.25, -0.2) is 9.50 Å². The molecule has 9 heteroatoms. The number of aromatic nitrogens is 3. The number of rotatable bonds is 7. The lowest BCUT2D eigenvalue weighted by Crippen LogP contribution is -2.38. The highest BCUT2D eigenvalue weighted by molar-refractivity contribution is 5.84. The second kappa shape index (κ2) is 10.6. The Morgan fingerprint density at radius 3 is 2.44 bits per heavy atom. The largest absolute Gasteiger partial charge is 0.465 e. The van der Waals surface area contributed by atoms with Crippen LogP contribution in [-0.2, 0) is 27.5 Å². The van der Waals surface area contributed by atoms with Crippen LogP contribution in [0.1, 0.15) is 42.7 Å². The third-order valence-corrected chi connectivity index (χ3v) is 7.21. The minimum absolute atomic E-state index is 0.268. The van der Waals surface area contributed by atoms with E-state index in [1.807, 2.05) is 48.2 Å². The third kappa shape index (κ3) is 5.26. The van der Waals surface area contributed by atoms with Crippen LogP contribution >= 0.6 is 0 Å². The molecule has 0 saturated carbocycles. The SMILES string of the molecule is CCOC(=O)C(C)(Cc1ccccc1)c1ccnc2c(C3=CCN(c4ccc(C(F)(F)F)cc4)CC3)cnn12. The molecule has 0 N–H and O–H groups in total. The van der Waals surface area contributed by atoms with Crippen molar-refractivity contribution in [3.63, 3.8) is 0 Å². The monoisotopic (exact) mass is 534 g/mol. The molecule has 202 valence electrons. The highest BCUT2D eigenvalue weighted by atomic mass is 19.4. The van der Waals surface area contributed by atoms with Gasteiger partial charge in [0, 0.05) is 30.5 Å². The van der Waals surface area contributed by atoms with Gasteiger partial charge in [0.25, 0.3) is 0 Å². The summed E-state index contributed by atoms with van der Waals surface area (Å²) in [6, 6.07) is 16.8. The Balaban J connectivity index is 1.44. The van der Waals surface area contributed by atoms with Gasteiger partial charge in [-0.1, -0.05) is 36.4 Å². The van der Waals surface area contributed by atoms with Crippen molar-refractivity contribution in [2.75, 3.05) is 24.6 Å². The number of benzene rings is 2. The van der Waals surface area contributed by atoms with Gasteiger partial charge in [-0.05, 0) is 68.2 Å². The lowest BCUT2D eigenvalue weighted by Gasteiger charge is -2.29. The molecule has 1 atom stereocenters. The fourth-order valence-electron chi connectivity index (χ4n) is 5.11. The number of fused-ring (bicyclic) bond motifs is 1. The summed E-state index contributed by atoms with van der Waals surface area (Å²) in [5.41, 5.74) is 3.34. The van der Waals surface area contributed by atoms with Gasteiger partial charge in [0.15, 0.2) is 5.65 Å². The fraction of sp³-hybridized carbons (Fsp3) is 0.300. The Morgan fingerprint density at radius 2 is 1.79 bits per heavy atom. The molecular formula is C30H29F3N4O2. The quantitative estimate of drug-likeness (QED) is 0.268. The van der Waals surface area contributed by atoms with E-state index in [4.69, 9.17) is 4.74 Å². The van der Waals surface area contributed by atoms with Gasteiger partial charge in [-0.15, -0.1) is 0 Å². The van der Waals surface area contributed by atoms with Crippen molar-refractivity contribution >= 4 is 22.9 Å². The first kappa shape index (κ1) is 26.5. The summed E-state index contributed by atoms with van der Waals surface area (Å²) in [4.78, 5) is 19.9. The van der Waals surface area contributed by atoms with Gasteiger partial charge < -0.3 is 9.64 Å². The Morgan fingerprint density at radius 1 is 1.05 bits per heavy atom. The molecular weight excluding hydrogens is 505 g/mol. The summed E-state index contributed by atoms with van der Waals surface area (Å²) in [7, 11) is 0. The molecule has 0 bridgehead atoms. The van der Waals surface area contributed by atoms with E-state index in [0.717, 1.165) is 34.5 Å².